The molecule has 1 amide bonds. The van der Waals surface area contributed by atoms with Crippen LogP contribution in [-0.4, -0.2) is 87.5 Å². The molecule has 9 nitrogen and oxygen atoms in total. The minimum atomic E-state index is -1.57. The summed E-state index contributed by atoms with van der Waals surface area (Å²) >= 11 is 0. The third-order valence-electron chi connectivity index (χ3n) is 14.9. The van der Waals surface area contributed by atoms with Crippen LogP contribution < -0.4 is 5.32 Å². The van der Waals surface area contributed by atoms with Crippen LogP contribution in [0, 0.1) is 0 Å². The van der Waals surface area contributed by atoms with Crippen molar-refractivity contribution >= 4 is 5.91 Å². The standard InChI is InChI=1S/C63H119NO8/c1-3-5-7-9-11-13-15-17-19-21-23-25-27-29-31-33-35-37-39-41-43-45-47-49-51-53-59(67)64-56(55-71-63-62(70)61(69)60(68)58(54-65)72-63)57(66)52-50-48-46-44-42-40-38-36-34-32-30-28-26-24-22-20-18-16-14-12-10-8-6-4-2/h34,36,42,44,50,52,56-58,60-63,65-66,68-70H,3-33,35,37-41,43,45-49,51,53-55H2,1-2H3,(H,64,67)/b36-34+,44-42+,52-50+. The van der Waals surface area contributed by atoms with Gasteiger partial charge in [-0.15, -0.1) is 0 Å². The molecule has 0 aromatic carbocycles. The summed E-state index contributed by atoms with van der Waals surface area (Å²) in [6.45, 7) is 3.80. The van der Waals surface area contributed by atoms with Crippen LogP contribution in [0.3, 0.4) is 0 Å². The van der Waals surface area contributed by atoms with Gasteiger partial charge in [-0.05, 0) is 44.9 Å². The Morgan fingerprint density at radius 2 is 0.792 bits per heavy atom. The molecular weight excluding hydrogens is 899 g/mol. The smallest absolute Gasteiger partial charge is 0.220 e. The second-order valence-electron chi connectivity index (χ2n) is 21.8. The fourth-order valence-corrected chi connectivity index (χ4v) is 10.0. The molecule has 0 spiro atoms. The Bertz CT molecular complexity index is 1230. The Labute approximate surface area is 444 Å². The fourth-order valence-electron chi connectivity index (χ4n) is 10.0. The molecule has 0 saturated carbocycles. The molecule has 6 N–H and O–H groups in total. The van der Waals surface area contributed by atoms with Gasteiger partial charge in [0.2, 0.25) is 5.91 Å². The number of rotatable bonds is 54. The van der Waals surface area contributed by atoms with Gasteiger partial charge in [-0.2, -0.15) is 0 Å². The van der Waals surface area contributed by atoms with E-state index in [9.17, 15) is 30.3 Å². The van der Waals surface area contributed by atoms with Crippen LogP contribution in [0.1, 0.15) is 303 Å². The maximum absolute atomic E-state index is 13.1. The van der Waals surface area contributed by atoms with Crippen molar-refractivity contribution in [3.63, 3.8) is 0 Å². The molecule has 7 unspecified atom stereocenters. The zero-order valence-corrected chi connectivity index (χ0v) is 47.2. The molecule has 0 bridgehead atoms. The first-order valence-electron chi connectivity index (χ1n) is 31.2. The first kappa shape index (κ1) is 68.4. The summed E-state index contributed by atoms with van der Waals surface area (Å²) in [5.41, 5.74) is 0. The molecule has 0 aromatic rings. The van der Waals surface area contributed by atoms with Gasteiger partial charge in [0.15, 0.2) is 6.29 Å². The Balaban J connectivity index is 2.22. The number of carbonyl (C=O) groups excluding carboxylic acids is 1. The van der Waals surface area contributed by atoms with Crippen molar-refractivity contribution < 1.29 is 39.8 Å². The Morgan fingerprint density at radius 1 is 0.458 bits per heavy atom. The number of unbranched alkanes of at least 4 members (excludes halogenated alkanes) is 40. The minimum Gasteiger partial charge on any atom is -0.394 e. The third kappa shape index (κ3) is 41.6. The second kappa shape index (κ2) is 52.8. The van der Waals surface area contributed by atoms with E-state index in [2.05, 4.69) is 43.5 Å². The molecule has 7 atom stereocenters. The molecule has 1 saturated heterocycles. The molecular formula is C63H119NO8. The maximum atomic E-state index is 13.1. The monoisotopic (exact) mass is 1020 g/mol. The van der Waals surface area contributed by atoms with E-state index in [0.717, 1.165) is 44.9 Å². The highest BCUT2D eigenvalue weighted by Crippen LogP contribution is 2.23. The largest absolute Gasteiger partial charge is 0.394 e. The third-order valence-corrected chi connectivity index (χ3v) is 14.9. The van der Waals surface area contributed by atoms with E-state index >= 15 is 0 Å². The molecule has 424 valence electrons. The molecule has 0 aromatic heterocycles. The van der Waals surface area contributed by atoms with Gasteiger partial charge >= 0.3 is 0 Å². The summed E-state index contributed by atoms with van der Waals surface area (Å²) < 4.78 is 11.3. The number of ether oxygens (including phenoxy) is 2. The van der Waals surface area contributed by atoms with E-state index in [0.29, 0.717) is 6.42 Å². The van der Waals surface area contributed by atoms with Gasteiger partial charge in [-0.25, -0.2) is 0 Å². The number of amides is 1. The topological polar surface area (TPSA) is 149 Å². The van der Waals surface area contributed by atoms with E-state index in [1.54, 1.807) is 6.08 Å². The fraction of sp³-hybridized carbons (Fsp3) is 0.889. The SMILES string of the molecule is CCCCCCCCCCCCCCCC/C=C/CC/C=C/CC/C=C/C(O)C(COC1OC(CO)C(O)C(O)C1O)NC(=O)CCCCCCCCCCCCCCCCCCCCCCCCCCC. The predicted molar refractivity (Wildman–Crippen MR) is 304 cm³/mol. The lowest BCUT2D eigenvalue weighted by Crippen LogP contribution is -2.60. The van der Waals surface area contributed by atoms with Crippen molar-refractivity contribution in [1.29, 1.82) is 0 Å². The second-order valence-corrected chi connectivity index (χ2v) is 21.8. The van der Waals surface area contributed by atoms with E-state index in [1.165, 1.54) is 238 Å². The van der Waals surface area contributed by atoms with Crippen LogP contribution in [0.15, 0.2) is 36.5 Å². The quantitative estimate of drug-likeness (QED) is 0.0261. The van der Waals surface area contributed by atoms with E-state index < -0.39 is 49.5 Å². The molecule has 72 heavy (non-hydrogen) atoms. The number of aliphatic hydroxyl groups excluding tert-OH is 5. The van der Waals surface area contributed by atoms with Crippen LogP contribution in [0.4, 0.5) is 0 Å². The lowest BCUT2D eigenvalue weighted by atomic mass is 9.99. The van der Waals surface area contributed by atoms with Gasteiger partial charge in [0.25, 0.3) is 0 Å². The number of nitrogens with one attached hydrogen (secondary N) is 1. The molecule has 1 heterocycles. The summed E-state index contributed by atoms with van der Waals surface area (Å²) in [5.74, 6) is -0.185. The van der Waals surface area contributed by atoms with Gasteiger partial charge in [0.1, 0.15) is 24.4 Å². The molecule has 9 heteroatoms. The molecule has 1 aliphatic rings. The molecule has 1 fully saturated rings. The average molecular weight is 1020 g/mol. The van der Waals surface area contributed by atoms with Crippen LogP contribution in [0.25, 0.3) is 0 Å². The Hall–Kier alpha value is -1.59. The van der Waals surface area contributed by atoms with Gasteiger partial charge in [-0.1, -0.05) is 288 Å². The maximum Gasteiger partial charge on any atom is 0.220 e. The summed E-state index contributed by atoms with van der Waals surface area (Å²) in [7, 11) is 0. The highest BCUT2D eigenvalue weighted by molar-refractivity contribution is 5.76. The van der Waals surface area contributed by atoms with Crippen molar-refractivity contribution in [2.24, 2.45) is 0 Å². The highest BCUT2D eigenvalue weighted by atomic mass is 16.7. The summed E-state index contributed by atoms with van der Waals surface area (Å²) in [6.07, 6.45) is 62.3. The number of hydrogen-bond acceptors (Lipinski definition) is 8. The molecule has 0 radical (unpaired) electrons. The van der Waals surface area contributed by atoms with Crippen molar-refractivity contribution in [3.05, 3.63) is 36.5 Å². The van der Waals surface area contributed by atoms with Crippen molar-refractivity contribution in [2.45, 2.75) is 346 Å². The van der Waals surface area contributed by atoms with E-state index in [1.807, 2.05) is 6.08 Å². The van der Waals surface area contributed by atoms with Crippen molar-refractivity contribution in [1.82, 2.24) is 5.32 Å². The number of carbonyl (C=O) groups is 1. The minimum absolute atomic E-state index is 0.185. The molecule has 1 aliphatic heterocycles. The predicted octanol–water partition coefficient (Wildman–Crippen LogP) is 15.9. The van der Waals surface area contributed by atoms with E-state index in [4.69, 9.17) is 9.47 Å². The summed E-state index contributed by atoms with van der Waals surface area (Å²) in [4.78, 5) is 13.1. The van der Waals surface area contributed by atoms with Crippen molar-refractivity contribution in [2.75, 3.05) is 13.2 Å². The van der Waals surface area contributed by atoms with Crippen LogP contribution in [0.2, 0.25) is 0 Å². The number of allylic oxidation sites excluding steroid dienone is 5. The van der Waals surface area contributed by atoms with Gasteiger partial charge < -0.3 is 40.3 Å². The molecule has 0 aliphatic carbocycles. The van der Waals surface area contributed by atoms with Gasteiger partial charge in [0.05, 0.1) is 25.4 Å². The Kier molecular flexibility index (Phi) is 50.2. The highest BCUT2D eigenvalue weighted by Gasteiger charge is 2.44. The normalized spacial score (nSPS) is 19.3. The zero-order valence-electron chi connectivity index (χ0n) is 47.2. The van der Waals surface area contributed by atoms with Crippen molar-refractivity contribution in [3.8, 4) is 0 Å². The van der Waals surface area contributed by atoms with E-state index in [-0.39, 0.29) is 12.5 Å². The first-order chi connectivity index (χ1) is 35.3. The first-order valence-corrected chi connectivity index (χ1v) is 31.2. The lowest BCUT2D eigenvalue weighted by Gasteiger charge is -2.40. The van der Waals surface area contributed by atoms with Gasteiger partial charge in [-0.3, -0.25) is 4.79 Å². The zero-order chi connectivity index (χ0) is 52.2. The van der Waals surface area contributed by atoms with Gasteiger partial charge in [0, 0.05) is 6.42 Å². The average Bonchev–Trinajstić information content (AvgIpc) is 3.38. The summed E-state index contributed by atoms with van der Waals surface area (Å²) in [6, 6.07) is -0.827. The number of hydrogen-bond donors (Lipinski definition) is 6. The lowest BCUT2D eigenvalue weighted by molar-refractivity contribution is -0.302. The van der Waals surface area contributed by atoms with Crippen LogP contribution in [-0.2, 0) is 14.3 Å². The van der Waals surface area contributed by atoms with Crippen LogP contribution in [0.5, 0.6) is 0 Å². The number of aliphatic hydroxyl groups is 5. The summed E-state index contributed by atoms with van der Waals surface area (Å²) in [5, 5.41) is 54.6. The molecule has 1 rings (SSSR count). The Morgan fingerprint density at radius 3 is 1.17 bits per heavy atom. The van der Waals surface area contributed by atoms with Crippen LogP contribution >= 0.6 is 0 Å².